The van der Waals surface area contributed by atoms with E-state index in [0.29, 0.717) is 18.7 Å². The molecule has 5 nitrogen and oxygen atoms in total. The summed E-state index contributed by atoms with van der Waals surface area (Å²) < 4.78 is 27.4. The predicted molar refractivity (Wildman–Crippen MR) is 88.8 cm³/mol. The fraction of sp³-hybridized carbons (Fsp3) is 0.235. The first-order valence-corrected chi connectivity index (χ1v) is 8.94. The summed E-state index contributed by atoms with van der Waals surface area (Å²) in [5, 5.41) is 2.74. The van der Waals surface area contributed by atoms with Gasteiger partial charge in [-0.05, 0) is 42.7 Å². The number of carbonyl (C=O) groups is 1. The molecule has 0 aromatic heterocycles. The number of nitrogens with one attached hydrogen (secondary N) is 2. The largest absolute Gasteiger partial charge is 0.325 e. The number of anilines is 1. The van der Waals surface area contributed by atoms with E-state index < -0.39 is 10.0 Å². The summed E-state index contributed by atoms with van der Waals surface area (Å²) in [6, 6.07) is 14.4. The summed E-state index contributed by atoms with van der Waals surface area (Å²) in [5.41, 5.74) is 2.49. The molecule has 2 N–H and O–H groups in total. The van der Waals surface area contributed by atoms with E-state index in [4.69, 9.17) is 0 Å². The lowest BCUT2D eigenvalue weighted by Crippen LogP contribution is -2.26. The maximum absolute atomic E-state index is 12.4. The van der Waals surface area contributed by atoms with Crippen molar-refractivity contribution in [2.75, 3.05) is 11.9 Å². The Labute approximate surface area is 135 Å². The SMILES string of the molecule is C[C@@H]1C(=O)Nc2ccc(S(=O)(=O)NCCc3ccccc3)cc21. The molecule has 2 aromatic rings. The van der Waals surface area contributed by atoms with Crippen molar-refractivity contribution >= 4 is 21.6 Å². The fourth-order valence-corrected chi connectivity index (χ4v) is 3.69. The molecule has 0 saturated heterocycles. The molecule has 0 unspecified atom stereocenters. The number of sulfonamides is 1. The number of fused-ring (bicyclic) bond motifs is 1. The molecule has 23 heavy (non-hydrogen) atoms. The molecule has 0 aliphatic carbocycles. The van der Waals surface area contributed by atoms with Gasteiger partial charge in [-0.25, -0.2) is 13.1 Å². The summed E-state index contributed by atoms with van der Waals surface area (Å²) in [7, 11) is -3.58. The lowest BCUT2D eigenvalue weighted by atomic mass is 10.0. The minimum Gasteiger partial charge on any atom is -0.325 e. The molecule has 0 saturated carbocycles. The van der Waals surface area contributed by atoms with Crippen LogP contribution in [0, 0.1) is 0 Å². The van der Waals surface area contributed by atoms with Gasteiger partial charge in [0.25, 0.3) is 0 Å². The third kappa shape index (κ3) is 3.28. The van der Waals surface area contributed by atoms with Crippen LogP contribution in [-0.4, -0.2) is 20.9 Å². The standard InChI is InChI=1S/C17H18N2O3S/c1-12-15-11-14(7-8-16(15)19-17(12)20)23(21,22)18-10-9-13-5-3-2-4-6-13/h2-8,11-12,18H,9-10H2,1H3,(H,19,20)/t12-/m0/s1. The zero-order valence-electron chi connectivity index (χ0n) is 12.7. The molecule has 1 aliphatic heterocycles. The normalized spacial score (nSPS) is 16.9. The molecular weight excluding hydrogens is 312 g/mol. The van der Waals surface area contributed by atoms with Crippen LogP contribution >= 0.6 is 0 Å². The van der Waals surface area contributed by atoms with E-state index in [1.165, 1.54) is 6.07 Å². The van der Waals surface area contributed by atoms with Gasteiger partial charge in [0.2, 0.25) is 15.9 Å². The number of carbonyl (C=O) groups excluding carboxylic acids is 1. The highest BCUT2D eigenvalue weighted by Gasteiger charge is 2.28. The van der Waals surface area contributed by atoms with Crippen LogP contribution in [0.2, 0.25) is 0 Å². The number of hydrogen-bond donors (Lipinski definition) is 2. The zero-order chi connectivity index (χ0) is 16.4. The molecule has 6 heteroatoms. The van der Waals surface area contributed by atoms with Crippen molar-refractivity contribution in [1.82, 2.24) is 4.72 Å². The second-order valence-electron chi connectivity index (χ2n) is 5.59. The maximum Gasteiger partial charge on any atom is 0.240 e. The lowest BCUT2D eigenvalue weighted by Gasteiger charge is -2.09. The van der Waals surface area contributed by atoms with E-state index in [1.54, 1.807) is 19.1 Å². The monoisotopic (exact) mass is 330 g/mol. The van der Waals surface area contributed by atoms with Crippen molar-refractivity contribution in [1.29, 1.82) is 0 Å². The Bertz CT molecular complexity index is 832. The van der Waals surface area contributed by atoms with Gasteiger partial charge in [-0.2, -0.15) is 0 Å². The van der Waals surface area contributed by atoms with Crippen molar-refractivity contribution in [3.05, 3.63) is 59.7 Å². The van der Waals surface area contributed by atoms with Crippen LogP contribution in [0.4, 0.5) is 5.69 Å². The molecule has 1 atom stereocenters. The molecule has 2 aromatic carbocycles. The first kappa shape index (κ1) is 15.7. The van der Waals surface area contributed by atoms with Gasteiger partial charge >= 0.3 is 0 Å². The Morgan fingerprint density at radius 2 is 1.87 bits per heavy atom. The highest BCUT2D eigenvalue weighted by Crippen LogP contribution is 2.33. The van der Waals surface area contributed by atoms with Crippen molar-refractivity contribution in [2.24, 2.45) is 0 Å². The molecule has 1 heterocycles. The molecule has 0 radical (unpaired) electrons. The van der Waals surface area contributed by atoms with Gasteiger partial charge in [-0.1, -0.05) is 30.3 Å². The molecule has 120 valence electrons. The van der Waals surface area contributed by atoms with E-state index >= 15 is 0 Å². The number of amides is 1. The average Bonchev–Trinajstić information content (AvgIpc) is 2.83. The van der Waals surface area contributed by atoms with E-state index in [1.807, 2.05) is 30.3 Å². The Hall–Kier alpha value is -2.18. The fourth-order valence-electron chi connectivity index (χ4n) is 2.62. The highest BCUT2D eigenvalue weighted by atomic mass is 32.2. The second-order valence-corrected chi connectivity index (χ2v) is 7.36. The van der Waals surface area contributed by atoms with Crippen molar-refractivity contribution in [2.45, 2.75) is 24.2 Å². The van der Waals surface area contributed by atoms with Crippen LogP contribution in [-0.2, 0) is 21.2 Å². The number of hydrogen-bond acceptors (Lipinski definition) is 3. The average molecular weight is 330 g/mol. The van der Waals surface area contributed by atoms with E-state index in [-0.39, 0.29) is 16.7 Å². The quantitative estimate of drug-likeness (QED) is 0.883. The van der Waals surface area contributed by atoms with Crippen molar-refractivity contribution < 1.29 is 13.2 Å². The Morgan fingerprint density at radius 3 is 2.61 bits per heavy atom. The van der Waals surface area contributed by atoms with Crippen LogP contribution in [0.25, 0.3) is 0 Å². The summed E-state index contributed by atoms with van der Waals surface area (Å²) in [6.07, 6.45) is 0.626. The van der Waals surface area contributed by atoms with Crippen LogP contribution in [0.1, 0.15) is 24.0 Å². The number of benzene rings is 2. The van der Waals surface area contributed by atoms with Gasteiger partial charge in [0.15, 0.2) is 0 Å². The maximum atomic E-state index is 12.4. The van der Waals surface area contributed by atoms with Gasteiger partial charge in [0.05, 0.1) is 10.8 Å². The molecule has 0 spiro atoms. The van der Waals surface area contributed by atoms with Gasteiger partial charge in [0.1, 0.15) is 0 Å². The molecule has 3 rings (SSSR count). The van der Waals surface area contributed by atoms with Crippen LogP contribution in [0.15, 0.2) is 53.4 Å². The van der Waals surface area contributed by atoms with E-state index in [9.17, 15) is 13.2 Å². The van der Waals surface area contributed by atoms with Crippen molar-refractivity contribution in [3.8, 4) is 0 Å². The van der Waals surface area contributed by atoms with Gasteiger partial charge in [-0.3, -0.25) is 4.79 Å². The molecule has 1 amide bonds. The molecular formula is C17H18N2O3S. The Balaban J connectivity index is 1.72. The topological polar surface area (TPSA) is 75.3 Å². The highest BCUT2D eigenvalue weighted by molar-refractivity contribution is 7.89. The van der Waals surface area contributed by atoms with Gasteiger partial charge in [-0.15, -0.1) is 0 Å². The van der Waals surface area contributed by atoms with Crippen molar-refractivity contribution in [3.63, 3.8) is 0 Å². The number of rotatable bonds is 5. The molecule has 1 aliphatic rings. The lowest BCUT2D eigenvalue weighted by molar-refractivity contribution is -0.116. The Kier molecular flexibility index (Phi) is 4.19. The molecule has 0 fully saturated rings. The summed E-state index contributed by atoms with van der Waals surface area (Å²) in [6.45, 7) is 2.09. The minimum atomic E-state index is -3.58. The summed E-state index contributed by atoms with van der Waals surface area (Å²) in [5.74, 6) is -0.434. The Morgan fingerprint density at radius 1 is 1.13 bits per heavy atom. The van der Waals surface area contributed by atoms with Crippen LogP contribution in [0.5, 0.6) is 0 Å². The smallest absolute Gasteiger partial charge is 0.240 e. The van der Waals surface area contributed by atoms with Crippen LogP contribution in [0.3, 0.4) is 0 Å². The van der Waals surface area contributed by atoms with E-state index in [2.05, 4.69) is 10.0 Å². The first-order chi connectivity index (χ1) is 11.0. The summed E-state index contributed by atoms with van der Waals surface area (Å²) >= 11 is 0. The van der Waals surface area contributed by atoms with Gasteiger partial charge in [0, 0.05) is 12.2 Å². The summed E-state index contributed by atoms with van der Waals surface area (Å²) in [4.78, 5) is 11.8. The predicted octanol–water partition coefficient (Wildman–Crippen LogP) is 2.26. The minimum absolute atomic E-state index is 0.105. The third-order valence-electron chi connectivity index (χ3n) is 4.00. The second kappa shape index (κ2) is 6.14. The van der Waals surface area contributed by atoms with Crippen LogP contribution < -0.4 is 10.0 Å². The first-order valence-electron chi connectivity index (χ1n) is 7.46. The van der Waals surface area contributed by atoms with Gasteiger partial charge < -0.3 is 5.32 Å². The third-order valence-corrected chi connectivity index (χ3v) is 5.46. The molecule has 0 bridgehead atoms. The zero-order valence-corrected chi connectivity index (χ0v) is 13.6. The van der Waals surface area contributed by atoms with E-state index in [0.717, 1.165) is 11.1 Å².